The van der Waals surface area contributed by atoms with Gasteiger partial charge in [-0.1, -0.05) is 26.2 Å². The molecule has 0 unspecified atom stereocenters. The predicted octanol–water partition coefficient (Wildman–Crippen LogP) is 3.16. The van der Waals surface area contributed by atoms with E-state index < -0.39 is 0 Å². The van der Waals surface area contributed by atoms with Crippen LogP contribution in [0.3, 0.4) is 0 Å². The van der Waals surface area contributed by atoms with Crippen LogP contribution in [0.4, 0.5) is 0 Å². The normalized spacial score (nSPS) is 19.3. The predicted molar refractivity (Wildman–Crippen MR) is 71.6 cm³/mol. The van der Waals surface area contributed by atoms with Crippen LogP contribution >= 0.6 is 0 Å². The Labute approximate surface area is 102 Å². The Hall–Kier alpha value is -0.0800. The van der Waals surface area contributed by atoms with Crippen molar-refractivity contribution >= 4 is 0 Å². The largest absolute Gasteiger partial charge is 0.326 e. The lowest BCUT2D eigenvalue weighted by atomic mass is 9.93. The molecule has 1 rings (SSSR count). The van der Waals surface area contributed by atoms with Crippen molar-refractivity contribution in [3.8, 4) is 0 Å². The van der Waals surface area contributed by atoms with Crippen LogP contribution in [0.25, 0.3) is 0 Å². The van der Waals surface area contributed by atoms with Gasteiger partial charge in [0.15, 0.2) is 0 Å². The molecular formula is C14H30N2. The van der Waals surface area contributed by atoms with Gasteiger partial charge in [0.2, 0.25) is 0 Å². The summed E-state index contributed by atoms with van der Waals surface area (Å²) in [5.41, 5.74) is 6.03. The van der Waals surface area contributed by atoms with Crippen LogP contribution < -0.4 is 5.73 Å². The van der Waals surface area contributed by atoms with E-state index in [1.54, 1.807) is 0 Å². The average molecular weight is 226 g/mol. The lowest BCUT2D eigenvalue weighted by molar-refractivity contribution is 0.158. The van der Waals surface area contributed by atoms with Crippen molar-refractivity contribution < 1.29 is 0 Å². The second-order valence-electron chi connectivity index (χ2n) is 6.01. The molecule has 96 valence electrons. The summed E-state index contributed by atoms with van der Waals surface area (Å²) in [7, 11) is 0. The first-order chi connectivity index (χ1) is 7.53. The Morgan fingerprint density at radius 1 is 1.19 bits per heavy atom. The third kappa shape index (κ3) is 5.31. The average Bonchev–Trinajstić information content (AvgIpc) is 2.24. The van der Waals surface area contributed by atoms with Crippen LogP contribution in [0.5, 0.6) is 0 Å². The van der Waals surface area contributed by atoms with Crippen molar-refractivity contribution in [3.63, 3.8) is 0 Å². The third-order valence-corrected chi connectivity index (χ3v) is 3.76. The van der Waals surface area contributed by atoms with Gasteiger partial charge in [-0.25, -0.2) is 0 Å². The highest BCUT2D eigenvalue weighted by molar-refractivity contribution is 4.77. The third-order valence-electron chi connectivity index (χ3n) is 3.76. The molecule has 0 spiro atoms. The zero-order valence-electron chi connectivity index (χ0n) is 11.5. The van der Waals surface area contributed by atoms with E-state index >= 15 is 0 Å². The van der Waals surface area contributed by atoms with Gasteiger partial charge < -0.3 is 10.6 Å². The quantitative estimate of drug-likeness (QED) is 0.754. The number of hydrogen-bond acceptors (Lipinski definition) is 2. The molecule has 0 radical (unpaired) electrons. The second-order valence-corrected chi connectivity index (χ2v) is 6.01. The summed E-state index contributed by atoms with van der Waals surface area (Å²) in [5, 5.41) is 0. The van der Waals surface area contributed by atoms with Crippen molar-refractivity contribution in [2.45, 2.75) is 77.3 Å². The summed E-state index contributed by atoms with van der Waals surface area (Å²) in [6.45, 7) is 8.99. The van der Waals surface area contributed by atoms with E-state index in [1.165, 1.54) is 51.6 Å². The first-order valence-corrected chi connectivity index (χ1v) is 7.06. The van der Waals surface area contributed by atoms with Crippen LogP contribution in [0.1, 0.15) is 65.7 Å². The minimum Gasteiger partial charge on any atom is -0.326 e. The molecule has 2 N–H and O–H groups in total. The first kappa shape index (κ1) is 14.0. The molecule has 2 heteroatoms. The monoisotopic (exact) mass is 226 g/mol. The van der Waals surface area contributed by atoms with Gasteiger partial charge >= 0.3 is 0 Å². The van der Waals surface area contributed by atoms with Gasteiger partial charge in [0.25, 0.3) is 0 Å². The van der Waals surface area contributed by atoms with Crippen molar-refractivity contribution in [2.75, 3.05) is 13.1 Å². The summed E-state index contributed by atoms with van der Waals surface area (Å²) in [5.74, 6) is 0. The minimum absolute atomic E-state index is 0.00593. The molecule has 0 atom stereocenters. The van der Waals surface area contributed by atoms with Crippen LogP contribution in [-0.2, 0) is 0 Å². The van der Waals surface area contributed by atoms with Gasteiger partial charge in [0.1, 0.15) is 0 Å². The van der Waals surface area contributed by atoms with E-state index in [0.717, 1.165) is 12.5 Å². The molecule has 0 aliphatic heterocycles. The summed E-state index contributed by atoms with van der Waals surface area (Å²) in [6.07, 6.45) is 9.53. The number of hydrogen-bond donors (Lipinski definition) is 1. The van der Waals surface area contributed by atoms with Gasteiger partial charge in [0, 0.05) is 11.6 Å². The van der Waals surface area contributed by atoms with E-state index in [1.807, 2.05) is 0 Å². The van der Waals surface area contributed by atoms with Crippen molar-refractivity contribution in [1.82, 2.24) is 4.90 Å². The first-order valence-electron chi connectivity index (χ1n) is 7.06. The molecule has 1 aliphatic rings. The van der Waals surface area contributed by atoms with Gasteiger partial charge in [-0.05, 0) is 52.6 Å². The standard InChI is InChI=1S/C14H30N2/c1-4-16(12-8-11-14(2,3)15)13-9-6-5-7-10-13/h13H,4-12,15H2,1-3H3. The zero-order chi connectivity index (χ0) is 12.0. The van der Waals surface area contributed by atoms with Crippen LogP contribution in [0, 0.1) is 0 Å². The van der Waals surface area contributed by atoms with Gasteiger partial charge in [0.05, 0.1) is 0 Å². The molecular weight excluding hydrogens is 196 g/mol. The fraction of sp³-hybridized carbons (Fsp3) is 1.00. The second kappa shape index (κ2) is 6.61. The van der Waals surface area contributed by atoms with Crippen LogP contribution in [0.15, 0.2) is 0 Å². The Kier molecular flexibility index (Phi) is 5.77. The Morgan fingerprint density at radius 2 is 1.81 bits per heavy atom. The summed E-state index contributed by atoms with van der Waals surface area (Å²) in [4.78, 5) is 2.67. The minimum atomic E-state index is 0.00593. The number of nitrogens with two attached hydrogens (primary N) is 1. The van der Waals surface area contributed by atoms with Gasteiger partial charge in [-0.2, -0.15) is 0 Å². The smallest absolute Gasteiger partial charge is 0.00975 e. The number of nitrogens with zero attached hydrogens (tertiary/aromatic N) is 1. The molecule has 0 aromatic rings. The van der Waals surface area contributed by atoms with Gasteiger partial charge in [-0.15, -0.1) is 0 Å². The molecule has 0 saturated heterocycles. The van der Waals surface area contributed by atoms with E-state index in [4.69, 9.17) is 5.73 Å². The molecule has 0 heterocycles. The maximum Gasteiger partial charge on any atom is 0.00975 e. The Bertz CT molecular complexity index is 178. The maximum absolute atomic E-state index is 6.02. The fourth-order valence-electron chi connectivity index (χ4n) is 2.78. The molecule has 1 aliphatic carbocycles. The maximum atomic E-state index is 6.02. The highest BCUT2D eigenvalue weighted by atomic mass is 15.1. The number of rotatable bonds is 6. The fourth-order valence-corrected chi connectivity index (χ4v) is 2.78. The van der Waals surface area contributed by atoms with Crippen LogP contribution in [-0.4, -0.2) is 29.6 Å². The summed E-state index contributed by atoms with van der Waals surface area (Å²) in [6, 6.07) is 0.861. The van der Waals surface area contributed by atoms with E-state index in [2.05, 4.69) is 25.7 Å². The molecule has 1 saturated carbocycles. The SMILES string of the molecule is CCN(CCCC(C)(C)N)C1CCCCC1. The summed E-state index contributed by atoms with van der Waals surface area (Å²) < 4.78 is 0. The highest BCUT2D eigenvalue weighted by Gasteiger charge is 2.20. The highest BCUT2D eigenvalue weighted by Crippen LogP contribution is 2.23. The molecule has 1 fully saturated rings. The summed E-state index contributed by atoms with van der Waals surface area (Å²) >= 11 is 0. The van der Waals surface area contributed by atoms with Crippen molar-refractivity contribution in [1.29, 1.82) is 0 Å². The van der Waals surface area contributed by atoms with E-state index in [-0.39, 0.29) is 5.54 Å². The van der Waals surface area contributed by atoms with Crippen LogP contribution in [0.2, 0.25) is 0 Å². The van der Waals surface area contributed by atoms with E-state index in [9.17, 15) is 0 Å². The van der Waals surface area contributed by atoms with Gasteiger partial charge in [-0.3, -0.25) is 0 Å². The molecule has 2 nitrogen and oxygen atoms in total. The molecule has 0 amide bonds. The zero-order valence-corrected chi connectivity index (χ0v) is 11.5. The lowest BCUT2D eigenvalue weighted by Crippen LogP contribution is -2.39. The van der Waals surface area contributed by atoms with Crippen molar-refractivity contribution in [2.24, 2.45) is 5.73 Å². The Balaban J connectivity index is 2.25. The topological polar surface area (TPSA) is 29.3 Å². The Morgan fingerprint density at radius 3 is 2.31 bits per heavy atom. The molecule has 0 aromatic carbocycles. The van der Waals surface area contributed by atoms with E-state index in [0.29, 0.717) is 0 Å². The van der Waals surface area contributed by atoms with Crippen molar-refractivity contribution in [3.05, 3.63) is 0 Å². The molecule has 16 heavy (non-hydrogen) atoms. The molecule has 0 aromatic heterocycles. The lowest BCUT2D eigenvalue weighted by Gasteiger charge is -2.34. The molecule has 0 bridgehead atoms.